The summed E-state index contributed by atoms with van der Waals surface area (Å²) < 4.78 is 21.8. The third-order valence-corrected chi connectivity index (χ3v) is 7.24. The van der Waals surface area contributed by atoms with E-state index in [2.05, 4.69) is 13.8 Å². The predicted molar refractivity (Wildman–Crippen MR) is 150 cm³/mol. The summed E-state index contributed by atoms with van der Waals surface area (Å²) in [6.45, 7) is 3.27. The van der Waals surface area contributed by atoms with Crippen molar-refractivity contribution < 1.29 is 49.0 Å². The highest BCUT2D eigenvalue weighted by Crippen LogP contribution is 2.22. The zero-order valence-corrected chi connectivity index (χ0v) is 24.8. The highest BCUT2D eigenvalue weighted by molar-refractivity contribution is 5.70. The van der Waals surface area contributed by atoms with Crippen molar-refractivity contribution in [2.45, 2.75) is 160 Å². The van der Waals surface area contributed by atoms with Crippen molar-refractivity contribution in [1.82, 2.24) is 0 Å². The molecule has 236 valence electrons. The SMILES string of the molecule is CCCCCCCCCCCCC(=O)OC(COC(=O)CCCCCCC)COC1OC(CO)C(O)C(O)C1O. The molecule has 0 aromatic heterocycles. The molecule has 6 atom stereocenters. The van der Waals surface area contributed by atoms with Crippen LogP contribution >= 0.6 is 0 Å². The van der Waals surface area contributed by atoms with E-state index in [1.807, 2.05) is 0 Å². The van der Waals surface area contributed by atoms with E-state index in [1.54, 1.807) is 0 Å². The molecule has 1 aliphatic rings. The van der Waals surface area contributed by atoms with Crippen molar-refractivity contribution in [3.05, 3.63) is 0 Å². The van der Waals surface area contributed by atoms with Gasteiger partial charge in [-0.3, -0.25) is 9.59 Å². The van der Waals surface area contributed by atoms with Crippen LogP contribution < -0.4 is 0 Å². The van der Waals surface area contributed by atoms with Gasteiger partial charge in [-0.15, -0.1) is 0 Å². The lowest BCUT2D eigenvalue weighted by atomic mass is 9.99. The lowest BCUT2D eigenvalue weighted by Crippen LogP contribution is -2.59. The van der Waals surface area contributed by atoms with Crippen LogP contribution in [0.4, 0.5) is 0 Å². The molecule has 0 spiro atoms. The molecule has 10 heteroatoms. The van der Waals surface area contributed by atoms with Gasteiger partial charge in [0, 0.05) is 12.8 Å². The molecule has 0 amide bonds. The first-order valence-electron chi connectivity index (χ1n) is 15.6. The summed E-state index contributed by atoms with van der Waals surface area (Å²) in [5.41, 5.74) is 0. The number of ether oxygens (including phenoxy) is 4. The molecule has 0 aromatic carbocycles. The number of carbonyl (C=O) groups is 2. The lowest BCUT2D eigenvalue weighted by Gasteiger charge is -2.39. The van der Waals surface area contributed by atoms with Crippen LogP contribution in [0.2, 0.25) is 0 Å². The molecule has 1 heterocycles. The second-order valence-electron chi connectivity index (χ2n) is 10.9. The summed E-state index contributed by atoms with van der Waals surface area (Å²) in [5, 5.41) is 39.5. The van der Waals surface area contributed by atoms with Crippen LogP contribution in [0, 0.1) is 0 Å². The Morgan fingerprint density at radius 2 is 1.18 bits per heavy atom. The van der Waals surface area contributed by atoms with Gasteiger partial charge in [-0.1, -0.05) is 97.3 Å². The largest absolute Gasteiger partial charge is 0.462 e. The fraction of sp³-hybridized carbons (Fsp3) is 0.933. The number of aliphatic hydroxyl groups excluding tert-OH is 4. The molecular weight excluding hydrogens is 520 g/mol. The molecule has 40 heavy (non-hydrogen) atoms. The topological polar surface area (TPSA) is 152 Å². The van der Waals surface area contributed by atoms with Gasteiger partial charge in [0.25, 0.3) is 0 Å². The number of esters is 2. The van der Waals surface area contributed by atoms with Crippen LogP contribution in [0.3, 0.4) is 0 Å². The minimum atomic E-state index is -1.58. The second kappa shape index (κ2) is 23.3. The van der Waals surface area contributed by atoms with Gasteiger partial charge in [0.05, 0.1) is 13.2 Å². The Kier molecular flexibility index (Phi) is 21.4. The zero-order valence-electron chi connectivity index (χ0n) is 24.8. The normalized spacial score (nSPS) is 23.6. The van der Waals surface area contributed by atoms with Gasteiger partial charge < -0.3 is 39.4 Å². The smallest absolute Gasteiger partial charge is 0.306 e. The summed E-state index contributed by atoms with van der Waals surface area (Å²) in [7, 11) is 0. The minimum Gasteiger partial charge on any atom is -0.462 e. The molecule has 0 radical (unpaired) electrons. The molecule has 1 aliphatic heterocycles. The van der Waals surface area contributed by atoms with Crippen molar-refractivity contribution in [3.8, 4) is 0 Å². The molecule has 0 aromatic rings. The molecule has 10 nitrogen and oxygen atoms in total. The average molecular weight is 577 g/mol. The molecule has 4 N–H and O–H groups in total. The molecule has 0 aliphatic carbocycles. The maximum Gasteiger partial charge on any atom is 0.306 e. The van der Waals surface area contributed by atoms with Crippen molar-refractivity contribution >= 4 is 11.9 Å². The quantitative estimate of drug-likeness (QED) is 0.0982. The van der Waals surface area contributed by atoms with Gasteiger partial charge in [-0.05, 0) is 12.8 Å². The van der Waals surface area contributed by atoms with Gasteiger partial charge in [-0.25, -0.2) is 0 Å². The summed E-state index contributed by atoms with van der Waals surface area (Å²) in [6, 6.07) is 0. The number of hydrogen-bond acceptors (Lipinski definition) is 10. The maximum atomic E-state index is 12.5. The van der Waals surface area contributed by atoms with Crippen LogP contribution in [0.5, 0.6) is 0 Å². The Labute approximate surface area is 240 Å². The summed E-state index contributed by atoms with van der Waals surface area (Å²) in [5.74, 6) is -0.822. The van der Waals surface area contributed by atoms with E-state index in [4.69, 9.17) is 18.9 Å². The van der Waals surface area contributed by atoms with Gasteiger partial charge in [-0.2, -0.15) is 0 Å². The Bertz CT molecular complexity index is 644. The maximum absolute atomic E-state index is 12.5. The summed E-state index contributed by atoms with van der Waals surface area (Å²) in [4.78, 5) is 24.7. The summed E-state index contributed by atoms with van der Waals surface area (Å²) >= 11 is 0. The molecule has 0 bridgehead atoms. The Balaban J connectivity index is 2.48. The fourth-order valence-electron chi connectivity index (χ4n) is 4.66. The van der Waals surface area contributed by atoms with Crippen LogP contribution in [0.15, 0.2) is 0 Å². The number of aliphatic hydroxyl groups is 4. The first-order valence-corrected chi connectivity index (χ1v) is 15.6. The highest BCUT2D eigenvalue weighted by Gasteiger charge is 2.44. The van der Waals surface area contributed by atoms with Gasteiger partial charge >= 0.3 is 11.9 Å². The second-order valence-corrected chi connectivity index (χ2v) is 10.9. The number of rotatable bonds is 24. The summed E-state index contributed by atoms with van der Waals surface area (Å²) in [6.07, 6.45) is 8.87. The van der Waals surface area contributed by atoms with Crippen LogP contribution in [-0.2, 0) is 28.5 Å². The van der Waals surface area contributed by atoms with Crippen LogP contribution in [0.1, 0.15) is 123 Å². The predicted octanol–water partition coefficient (Wildman–Crippen LogP) is 3.93. The van der Waals surface area contributed by atoms with Crippen molar-refractivity contribution in [1.29, 1.82) is 0 Å². The number of carbonyl (C=O) groups excluding carboxylic acids is 2. The lowest BCUT2D eigenvalue weighted by molar-refractivity contribution is -0.305. The zero-order chi connectivity index (χ0) is 29.6. The molecule has 0 saturated carbocycles. The van der Waals surface area contributed by atoms with E-state index in [0.717, 1.165) is 51.4 Å². The number of unbranched alkanes of at least 4 members (excludes halogenated alkanes) is 13. The van der Waals surface area contributed by atoms with E-state index in [0.29, 0.717) is 6.42 Å². The monoisotopic (exact) mass is 576 g/mol. The molecule has 1 saturated heterocycles. The first kappa shape index (κ1) is 36.7. The Hall–Kier alpha value is -1.30. The Morgan fingerprint density at radius 1 is 0.675 bits per heavy atom. The van der Waals surface area contributed by atoms with Gasteiger partial charge in [0.2, 0.25) is 0 Å². The van der Waals surface area contributed by atoms with Crippen molar-refractivity contribution in [2.75, 3.05) is 19.8 Å². The van der Waals surface area contributed by atoms with Crippen LogP contribution in [-0.4, -0.2) is 89.0 Å². The minimum absolute atomic E-state index is 0.213. The molecule has 6 unspecified atom stereocenters. The molecule has 1 fully saturated rings. The van der Waals surface area contributed by atoms with E-state index in [-0.39, 0.29) is 32.0 Å². The van der Waals surface area contributed by atoms with Gasteiger partial charge in [0.1, 0.15) is 31.0 Å². The Morgan fingerprint density at radius 3 is 1.70 bits per heavy atom. The average Bonchev–Trinajstić information content (AvgIpc) is 2.95. The molecule has 1 rings (SSSR count). The fourth-order valence-corrected chi connectivity index (χ4v) is 4.66. The van der Waals surface area contributed by atoms with Crippen molar-refractivity contribution in [3.63, 3.8) is 0 Å². The van der Waals surface area contributed by atoms with Crippen LogP contribution in [0.25, 0.3) is 0 Å². The van der Waals surface area contributed by atoms with E-state index in [1.165, 1.54) is 38.5 Å². The number of hydrogen-bond donors (Lipinski definition) is 4. The molecular formula is C30H56O10. The van der Waals surface area contributed by atoms with E-state index >= 15 is 0 Å². The standard InChI is InChI=1S/C30H56O10/c1-3-5-7-9-10-11-12-13-15-17-19-26(33)39-23(21-37-25(32)18-16-14-8-6-4-2)22-38-30-29(36)28(35)27(34)24(20-31)40-30/h23-24,27-31,34-36H,3-22H2,1-2H3. The van der Waals surface area contributed by atoms with E-state index < -0.39 is 49.4 Å². The third kappa shape index (κ3) is 16.2. The third-order valence-electron chi connectivity index (χ3n) is 7.24. The van der Waals surface area contributed by atoms with Gasteiger partial charge in [0.15, 0.2) is 12.4 Å². The highest BCUT2D eigenvalue weighted by atomic mass is 16.7. The van der Waals surface area contributed by atoms with Crippen molar-refractivity contribution in [2.24, 2.45) is 0 Å². The first-order chi connectivity index (χ1) is 19.3. The van der Waals surface area contributed by atoms with E-state index in [9.17, 15) is 30.0 Å².